The van der Waals surface area contributed by atoms with Gasteiger partial charge in [-0.3, -0.25) is 14.5 Å². The molecule has 3 atom stereocenters. The predicted molar refractivity (Wildman–Crippen MR) is 125 cm³/mol. The molecule has 3 heterocycles. The number of ether oxygens (including phenoxy) is 3. The average molecular weight is 483 g/mol. The molecule has 0 N–H and O–H groups in total. The van der Waals surface area contributed by atoms with Gasteiger partial charge in [-0.25, -0.2) is 9.78 Å². The van der Waals surface area contributed by atoms with Crippen LogP contribution < -0.4 is 9.64 Å². The molecule has 1 saturated carbocycles. The number of anilines is 1. The predicted octanol–water partition coefficient (Wildman–Crippen LogP) is 4.14. The number of ketones is 1. The molecule has 1 aromatic heterocycles. The average Bonchev–Trinajstić information content (AvgIpc) is 3.36. The number of aromatic nitrogens is 1. The highest BCUT2D eigenvalue weighted by Gasteiger charge is 2.53. The lowest BCUT2D eigenvalue weighted by Crippen LogP contribution is -2.39. The number of carbonyl (C=O) groups excluding carboxylic acids is 3. The lowest BCUT2D eigenvalue weighted by atomic mass is 9.77. The number of thiazole rings is 1. The zero-order chi connectivity index (χ0) is 24.0. The zero-order valence-electron chi connectivity index (χ0n) is 19.3. The van der Waals surface area contributed by atoms with Crippen molar-refractivity contribution in [1.29, 1.82) is 0 Å². The SMILES string of the molecule is CCOc1cccc(C2C3=C(OC4CCCCC4C3=O)C(=O)N2c2nc(C)c(C(=O)OC)s2)c1. The van der Waals surface area contributed by atoms with Gasteiger partial charge in [0.05, 0.1) is 36.9 Å². The van der Waals surface area contributed by atoms with Crippen molar-refractivity contribution in [3.8, 4) is 5.75 Å². The van der Waals surface area contributed by atoms with E-state index in [1.165, 1.54) is 12.0 Å². The molecule has 178 valence electrons. The van der Waals surface area contributed by atoms with Crippen molar-refractivity contribution in [2.45, 2.75) is 51.7 Å². The molecule has 9 heteroatoms. The van der Waals surface area contributed by atoms with Gasteiger partial charge >= 0.3 is 5.97 Å². The third-order valence-electron chi connectivity index (χ3n) is 6.61. The van der Waals surface area contributed by atoms with E-state index in [4.69, 9.17) is 14.2 Å². The summed E-state index contributed by atoms with van der Waals surface area (Å²) in [4.78, 5) is 46.0. The van der Waals surface area contributed by atoms with Crippen LogP contribution in [0.3, 0.4) is 0 Å². The van der Waals surface area contributed by atoms with E-state index in [2.05, 4.69) is 4.98 Å². The molecule has 34 heavy (non-hydrogen) atoms. The first-order chi connectivity index (χ1) is 16.4. The van der Waals surface area contributed by atoms with Crippen molar-refractivity contribution in [3.63, 3.8) is 0 Å². The molecule has 0 saturated heterocycles. The molecule has 2 aromatic rings. The summed E-state index contributed by atoms with van der Waals surface area (Å²) in [6.45, 7) is 4.08. The summed E-state index contributed by atoms with van der Waals surface area (Å²) in [5.41, 5.74) is 1.56. The summed E-state index contributed by atoms with van der Waals surface area (Å²) in [6.07, 6.45) is 3.18. The number of nitrogens with zero attached hydrogens (tertiary/aromatic N) is 2. The van der Waals surface area contributed by atoms with E-state index < -0.39 is 17.9 Å². The Balaban J connectivity index is 1.65. The van der Waals surface area contributed by atoms with Gasteiger partial charge in [-0.1, -0.05) is 29.9 Å². The van der Waals surface area contributed by atoms with E-state index in [0.29, 0.717) is 33.6 Å². The minimum absolute atomic E-state index is 0.0323. The second kappa shape index (κ2) is 8.87. The number of rotatable bonds is 5. The maximum absolute atomic E-state index is 13.7. The number of fused-ring (bicyclic) bond motifs is 1. The lowest BCUT2D eigenvalue weighted by molar-refractivity contribution is -0.131. The Morgan fingerprint density at radius 1 is 1.26 bits per heavy atom. The van der Waals surface area contributed by atoms with Gasteiger partial charge in [0.15, 0.2) is 16.7 Å². The third kappa shape index (κ3) is 3.58. The molecule has 1 amide bonds. The van der Waals surface area contributed by atoms with Crippen LogP contribution in [-0.2, 0) is 19.1 Å². The number of methoxy groups -OCH3 is 1. The number of hydrogen-bond donors (Lipinski definition) is 0. The first-order valence-electron chi connectivity index (χ1n) is 11.5. The van der Waals surface area contributed by atoms with Crippen molar-refractivity contribution in [3.05, 3.63) is 51.7 Å². The molecular weight excluding hydrogens is 456 g/mol. The van der Waals surface area contributed by atoms with Crippen molar-refractivity contribution in [2.75, 3.05) is 18.6 Å². The van der Waals surface area contributed by atoms with Crippen LogP contribution in [0.4, 0.5) is 5.13 Å². The number of benzene rings is 1. The van der Waals surface area contributed by atoms with Gasteiger partial charge in [0.25, 0.3) is 5.91 Å². The molecule has 8 nitrogen and oxygen atoms in total. The Morgan fingerprint density at radius 2 is 2.06 bits per heavy atom. The summed E-state index contributed by atoms with van der Waals surface area (Å²) in [5, 5.41) is 0.323. The van der Waals surface area contributed by atoms with Gasteiger partial charge < -0.3 is 14.2 Å². The Morgan fingerprint density at radius 3 is 2.82 bits per heavy atom. The Hall–Kier alpha value is -3.20. The Kier molecular flexibility index (Phi) is 5.89. The largest absolute Gasteiger partial charge is 0.494 e. The first kappa shape index (κ1) is 22.6. The van der Waals surface area contributed by atoms with Crippen molar-refractivity contribution in [2.24, 2.45) is 5.92 Å². The van der Waals surface area contributed by atoms with Gasteiger partial charge in [-0.2, -0.15) is 0 Å². The van der Waals surface area contributed by atoms with E-state index in [1.54, 1.807) is 6.92 Å². The number of carbonyl (C=O) groups is 3. The summed E-state index contributed by atoms with van der Waals surface area (Å²) in [7, 11) is 1.30. The fourth-order valence-corrected chi connectivity index (χ4v) is 6.08. The van der Waals surface area contributed by atoms with Crippen molar-refractivity contribution >= 4 is 34.1 Å². The van der Waals surface area contributed by atoms with Crippen LogP contribution in [0.1, 0.15) is 59.6 Å². The second-order valence-corrected chi connectivity index (χ2v) is 9.62. The maximum Gasteiger partial charge on any atom is 0.350 e. The summed E-state index contributed by atoms with van der Waals surface area (Å²) >= 11 is 1.07. The number of hydrogen-bond acceptors (Lipinski definition) is 8. The topological polar surface area (TPSA) is 95.0 Å². The molecule has 1 aliphatic carbocycles. The smallest absolute Gasteiger partial charge is 0.350 e. The molecule has 5 rings (SSSR count). The standard InChI is InChI=1S/C25H26N2O6S/c1-4-32-15-9-7-8-14(12-15)19-18-20(28)16-10-5-6-11-17(16)33-21(18)23(29)27(19)25-26-13(2)22(34-25)24(30)31-3/h7-9,12,16-17,19H,4-6,10-11H2,1-3H3. The Bertz CT molecular complexity index is 1200. The monoisotopic (exact) mass is 482 g/mol. The third-order valence-corrected chi connectivity index (χ3v) is 7.75. The van der Waals surface area contributed by atoms with Crippen LogP contribution in [-0.4, -0.2) is 42.5 Å². The minimum atomic E-state index is -0.714. The fraction of sp³-hybridized carbons (Fsp3) is 0.440. The van der Waals surface area contributed by atoms with Crippen molar-refractivity contribution < 1.29 is 28.6 Å². The number of Topliss-reactive ketones (excluding diaryl/α,β-unsaturated/α-hetero) is 1. The van der Waals surface area contributed by atoms with Crippen LogP contribution in [0.25, 0.3) is 0 Å². The summed E-state index contributed by atoms with van der Waals surface area (Å²) in [6, 6.07) is 6.67. The number of amides is 1. The van der Waals surface area contributed by atoms with Crippen LogP contribution in [0.2, 0.25) is 0 Å². The highest BCUT2D eigenvalue weighted by atomic mass is 32.1. The molecule has 0 bridgehead atoms. The van der Waals surface area contributed by atoms with Crippen LogP contribution in [0, 0.1) is 12.8 Å². The van der Waals surface area contributed by atoms with Crippen molar-refractivity contribution in [1.82, 2.24) is 4.98 Å². The lowest BCUT2D eigenvalue weighted by Gasteiger charge is -2.35. The zero-order valence-corrected chi connectivity index (χ0v) is 20.1. The normalized spacial score (nSPS) is 24.0. The van der Waals surface area contributed by atoms with E-state index in [1.807, 2.05) is 31.2 Å². The highest BCUT2D eigenvalue weighted by Crippen LogP contribution is 2.49. The molecule has 0 spiro atoms. The molecular formula is C25H26N2O6S. The maximum atomic E-state index is 13.7. The molecule has 3 aliphatic rings. The Labute approximate surface area is 201 Å². The molecule has 1 fully saturated rings. The molecule has 0 radical (unpaired) electrons. The van der Waals surface area contributed by atoms with Gasteiger partial charge in [-0.05, 0) is 50.8 Å². The summed E-state index contributed by atoms with van der Waals surface area (Å²) < 4.78 is 16.8. The summed E-state index contributed by atoms with van der Waals surface area (Å²) in [5.74, 6) is -0.459. The van der Waals surface area contributed by atoms with Crippen LogP contribution >= 0.6 is 11.3 Å². The number of aryl methyl sites for hydroxylation is 1. The van der Waals surface area contributed by atoms with E-state index >= 15 is 0 Å². The van der Waals surface area contributed by atoms with Gasteiger partial charge in [0.2, 0.25) is 0 Å². The van der Waals surface area contributed by atoms with E-state index in [9.17, 15) is 14.4 Å². The molecule has 2 aliphatic heterocycles. The molecule has 1 aromatic carbocycles. The first-order valence-corrected chi connectivity index (χ1v) is 12.3. The van der Waals surface area contributed by atoms with Gasteiger partial charge in [0.1, 0.15) is 16.7 Å². The van der Waals surface area contributed by atoms with E-state index in [-0.39, 0.29) is 23.6 Å². The minimum Gasteiger partial charge on any atom is -0.494 e. The van der Waals surface area contributed by atoms with Crippen LogP contribution in [0.5, 0.6) is 5.75 Å². The van der Waals surface area contributed by atoms with E-state index in [0.717, 1.165) is 42.6 Å². The van der Waals surface area contributed by atoms with Gasteiger partial charge in [-0.15, -0.1) is 0 Å². The highest BCUT2D eigenvalue weighted by molar-refractivity contribution is 7.17. The van der Waals surface area contributed by atoms with Gasteiger partial charge in [0, 0.05) is 0 Å². The van der Waals surface area contributed by atoms with Crippen LogP contribution in [0.15, 0.2) is 35.6 Å². The fourth-order valence-electron chi connectivity index (χ4n) is 5.07. The number of esters is 1. The molecule has 3 unspecified atom stereocenters. The second-order valence-electron chi connectivity index (χ2n) is 8.64. The quantitative estimate of drug-likeness (QED) is 0.591.